The number of benzene rings is 1. The van der Waals surface area contributed by atoms with Crippen LogP contribution in [0.3, 0.4) is 0 Å². The Labute approximate surface area is 116 Å². The number of aliphatic hydroxyl groups excluding tert-OH is 1. The monoisotopic (exact) mass is 317 g/mol. The summed E-state index contributed by atoms with van der Waals surface area (Å²) in [7, 11) is 3.49. The third-order valence-electron chi connectivity index (χ3n) is 2.65. The summed E-state index contributed by atoms with van der Waals surface area (Å²) in [5, 5.41) is 12.6. The maximum Gasteiger partial charge on any atom is 0.175 e. The Kier molecular flexibility index (Phi) is 5.91. The topological polar surface area (TPSA) is 50.7 Å². The van der Waals surface area contributed by atoms with Crippen molar-refractivity contribution in [1.29, 1.82) is 0 Å². The van der Waals surface area contributed by atoms with Gasteiger partial charge in [-0.15, -0.1) is 0 Å². The first kappa shape index (κ1) is 15.3. The Bertz CT molecular complexity index is 396. The number of methoxy groups -OCH3 is 1. The van der Waals surface area contributed by atoms with Crippen molar-refractivity contribution in [3.8, 4) is 11.5 Å². The van der Waals surface area contributed by atoms with Gasteiger partial charge in [-0.2, -0.15) is 0 Å². The summed E-state index contributed by atoms with van der Waals surface area (Å²) in [6.07, 6.45) is -0.844. The SMILES string of the molecule is CNCc1cc(Br)c(OC(C)C(C)O)c(OC)c1. The van der Waals surface area contributed by atoms with E-state index in [0.717, 1.165) is 16.6 Å². The molecule has 0 heterocycles. The minimum absolute atomic E-state index is 0.301. The molecule has 4 nitrogen and oxygen atoms in total. The summed E-state index contributed by atoms with van der Waals surface area (Å²) in [6, 6.07) is 3.90. The summed E-state index contributed by atoms with van der Waals surface area (Å²) in [6.45, 7) is 4.26. The molecular formula is C13H20BrNO3. The van der Waals surface area contributed by atoms with Crippen LogP contribution in [0.25, 0.3) is 0 Å². The molecule has 0 aromatic heterocycles. The van der Waals surface area contributed by atoms with Crippen LogP contribution in [-0.2, 0) is 6.54 Å². The molecule has 102 valence electrons. The van der Waals surface area contributed by atoms with Gasteiger partial charge in [-0.1, -0.05) is 0 Å². The van der Waals surface area contributed by atoms with E-state index in [1.807, 2.05) is 26.1 Å². The molecule has 2 unspecified atom stereocenters. The van der Waals surface area contributed by atoms with Crippen molar-refractivity contribution in [2.45, 2.75) is 32.6 Å². The van der Waals surface area contributed by atoms with Gasteiger partial charge >= 0.3 is 0 Å². The Hall–Kier alpha value is -0.780. The van der Waals surface area contributed by atoms with E-state index in [1.54, 1.807) is 14.0 Å². The minimum atomic E-state index is -0.543. The molecule has 1 aromatic rings. The predicted octanol–water partition coefficient (Wildman–Crippen LogP) is 2.33. The Morgan fingerprint density at radius 1 is 1.39 bits per heavy atom. The average Bonchev–Trinajstić information content (AvgIpc) is 2.32. The van der Waals surface area contributed by atoms with E-state index in [1.165, 1.54) is 0 Å². The van der Waals surface area contributed by atoms with Crippen molar-refractivity contribution in [3.63, 3.8) is 0 Å². The number of hydrogen-bond acceptors (Lipinski definition) is 4. The van der Waals surface area contributed by atoms with Crippen LogP contribution in [0.5, 0.6) is 11.5 Å². The van der Waals surface area contributed by atoms with Crippen molar-refractivity contribution in [3.05, 3.63) is 22.2 Å². The molecular weight excluding hydrogens is 298 g/mol. The first-order chi connectivity index (χ1) is 8.49. The molecule has 0 saturated carbocycles. The second-order valence-electron chi connectivity index (χ2n) is 4.20. The maximum absolute atomic E-state index is 9.48. The lowest BCUT2D eigenvalue weighted by Crippen LogP contribution is -2.26. The number of ether oxygens (including phenoxy) is 2. The first-order valence-corrected chi connectivity index (χ1v) is 6.64. The van der Waals surface area contributed by atoms with Gasteiger partial charge in [0.25, 0.3) is 0 Å². The van der Waals surface area contributed by atoms with Gasteiger partial charge in [0.05, 0.1) is 17.7 Å². The predicted molar refractivity (Wildman–Crippen MR) is 75.2 cm³/mol. The molecule has 0 bridgehead atoms. The molecule has 0 radical (unpaired) electrons. The van der Waals surface area contributed by atoms with E-state index < -0.39 is 6.10 Å². The van der Waals surface area contributed by atoms with E-state index in [-0.39, 0.29) is 6.10 Å². The Morgan fingerprint density at radius 2 is 2.06 bits per heavy atom. The van der Waals surface area contributed by atoms with Crippen LogP contribution in [-0.4, -0.2) is 31.5 Å². The van der Waals surface area contributed by atoms with Crippen molar-refractivity contribution in [2.75, 3.05) is 14.2 Å². The number of nitrogens with one attached hydrogen (secondary N) is 1. The van der Waals surface area contributed by atoms with Gasteiger partial charge in [-0.25, -0.2) is 0 Å². The smallest absolute Gasteiger partial charge is 0.175 e. The van der Waals surface area contributed by atoms with Gasteiger partial charge in [-0.05, 0) is 54.5 Å². The summed E-state index contributed by atoms with van der Waals surface area (Å²) in [5.41, 5.74) is 1.10. The molecule has 2 N–H and O–H groups in total. The average molecular weight is 318 g/mol. The van der Waals surface area contributed by atoms with Crippen LogP contribution in [0.15, 0.2) is 16.6 Å². The van der Waals surface area contributed by atoms with E-state index in [0.29, 0.717) is 11.5 Å². The maximum atomic E-state index is 9.48. The summed E-state index contributed by atoms with van der Waals surface area (Å²) < 4.78 is 11.9. The highest BCUT2D eigenvalue weighted by atomic mass is 79.9. The molecule has 5 heteroatoms. The van der Waals surface area contributed by atoms with Crippen molar-refractivity contribution in [2.24, 2.45) is 0 Å². The highest BCUT2D eigenvalue weighted by Crippen LogP contribution is 2.37. The van der Waals surface area contributed by atoms with Crippen LogP contribution < -0.4 is 14.8 Å². The molecule has 2 atom stereocenters. The van der Waals surface area contributed by atoms with E-state index in [9.17, 15) is 5.11 Å². The lowest BCUT2D eigenvalue weighted by molar-refractivity contribution is 0.0581. The van der Waals surface area contributed by atoms with Crippen LogP contribution in [0, 0.1) is 0 Å². The normalized spacial score (nSPS) is 14.1. The zero-order valence-corrected chi connectivity index (χ0v) is 12.7. The van der Waals surface area contributed by atoms with Crippen LogP contribution >= 0.6 is 15.9 Å². The largest absolute Gasteiger partial charge is 0.493 e. The molecule has 0 spiro atoms. The zero-order chi connectivity index (χ0) is 13.7. The fourth-order valence-corrected chi connectivity index (χ4v) is 2.06. The van der Waals surface area contributed by atoms with E-state index >= 15 is 0 Å². The van der Waals surface area contributed by atoms with Gasteiger partial charge in [0.1, 0.15) is 6.10 Å². The van der Waals surface area contributed by atoms with Gasteiger partial charge in [-0.3, -0.25) is 0 Å². The van der Waals surface area contributed by atoms with Crippen LogP contribution in [0.2, 0.25) is 0 Å². The molecule has 0 aliphatic carbocycles. The molecule has 1 rings (SSSR count). The van der Waals surface area contributed by atoms with E-state index in [4.69, 9.17) is 9.47 Å². The number of rotatable bonds is 6. The highest BCUT2D eigenvalue weighted by Gasteiger charge is 2.17. The zero-order valence-electron chi connectivity index (χ0n) is 11.2. The quantitative estimate of drug-likeness (QED) is 0.845. The lowest BCUT2D eigenvalue weighted by atomic mass is 10.2. The number of halogens is 1. The summed E-state index contributed by atoms with van der Waals surface area (Å²) in [5.74, 6) is 1.27. The molecule has 0 aliphatic heterocycles. The molecule has 0 amide bonds. The van der Waals surface area contributed by atoms with Crippen molar-refractivity contribution in [1.82, 2.24) is 5.32 Å². The van der Waals surface area contributed by atoms with Crippen LogP contribution in [0.4, 0.5) is 0 Å². The van der Waals surface area contributed by atoms with Gasteiger partial charge in [0, 0.05) is 6.54 Å². The first-order valence-electron chi connectivity index (χ1n) is 5.85. The standard InChI is InChI=1S/C13H20BrNO3/c1-8(16)9(2)18-13-11(14)5-10(7-15-3)6-12(13)17-4/h5-6,8-9,15-16H,7H2,1-4H3. The van der Waals surface area contributed by atoms with Gasteiger partial charge < -0.3 is 19.9 Å². The molecule has 0 aliphatic rings. The minimum Gasteiger partial charge on any atom is -0.493 e. The van der Waals surface area contributed by atoms with Gasteiger partial charge in [0.15, 0.2) is 11.5 Å². The lowest BCUT2D eigenvalue weighted by Gasteiger charge is -2.20. The van der Waals surface area contributed by atoms with Crippen molar-refractivity contribution < 1.29 is 14.6 Å². The number of hydrogen-bond donors (Lipinski definition) is 2. The van der Waals surface area contributed by atoms with E-state index in [2.05, 4.69) is 21.2 Å². The molecule has 1 aromatic carbocycles. The Morgan fingerprint density at radius 3 is 2.56 bits per heavy atom. The van der Waals surface area contributed by atoms with Gasteiger partial charge in [0.2, 0.25) is 0 Å². The number of aliphatic hydroxyl groups is 1. The summed E-state index contributed by atoms with van der Waals surface area (Å²) >= 11 is 3.47. The second-order valence-corrected chi connectivity index (χ2v) is 5.06. The van der Waals surface area contributed by atoms with Crippen molar-refractivity contribution >= 4 is 15.9 Å². The third kappa shape index (κ3) is 3.86. The Balaban J connectivity index is 3.03. The fraction of sp³-hybridized carbons (Fsp3) is 0.538. The molecule has 18 heavy (non-hydrogen) atoms. The molecule has 0 saturated heterocycles. The summed E-state index contributed by atoms with van der Waals surface area (Å²) in [4.78, 5) is 0. The fourth-order valence-electron chi connectivity index (χ4n) is 1.48. The highest BCUT2D eigenvalue weighted by molar-refractivity contribution is 9.10. The second kappa shape index (κ2) is 6.97. The van der Waals surface area contributed by atoms with Crippen LogP contribution in [0.1, 0.15) is 19.4 Å². The molecule has 0 fully saturated rings. The third-order valence-corrected chi connectivity index (χ3v) is 3.24.